The van der Waals surface area contributed by atoms with E-state index in [0.29, 0.717) is 11.3 Å². The van der Waals surface area contributed by atoms with Crippen LogP contribution in [0.4, 0.5) is 5.69 Å². The Balaban J connectivity index is 2.34. The summed E-state index contributed by atoms with van der Waals surface area (Å²) in [5.74, 6) is 0.732. The van der Waals surface area contributed by atoms with E-state index >= 15 is 0 Å². The first-order valence-corrected chi connectivity index (χ1v) is 9.42. The second-order valence-corrected chi connectivity index (χ2v) is 7.50. The molecule has 2 aromatic carbocycles. The summed E-state index contributed by atoms with van der Waals surface area (Å²) in [5.41, 5.74) is 6.71. The van der Waals surface area contributed by atoms with Crippen LogP contribution in [-0.4, -0.2) is 21.2 Å². The lowest BCUT2D eigenvalue weighted by Gasteiger charge is -2.15. The largest absolute Gasteiger partial charge is 0.508 e. The normalized spacial score (nSPS) is 11.2. The summed E-state index contributed by atoms with van der Waals surface area (Å²) in [5, 5.41) is 19.2. The molecule has 0 aliphatic carbocycles. The number of phenols is 1. The molecule has 0 spiro atoms. The zero-order valence-electron chi connectivity index (χ0n) is 14.2. The van der Waals surface area contributed by atoms with Crippen LogP contribution in [0.5, 0.6) is 23.0 Å². The van der Waals surface area contributed by atoms with Gasteiger partial charge in [0.05, 0.1) is 5.69 Å². The molecule has 0 atom stereocenters. The van der Waals surface area contributed by atoms with Crippen molar-refractivity contribution in [2.45, 2.75) is 19.8 Å². The van der Waals surface area contributed by atoms with Crippen molar-refractivity contribution in [2.24, 2.45) is 0 Å². The number of hydrogen-bond acceptors (Lipinski definition) is 6. The van der Waals surface area contributed by atoms with E-state index in [2.05, 4.69) is 0 Å². The van der Waals surface area contributed by atoms with Gasteiger partial charge in [-0.3, -0.25) is 4.57 Å². The van der Waals surface area contributed by atoms with Crippen LogP contribution in [0.1, 0.15) is 30.9 Å². The first-order chi connectivity index (χ1) is 12.1. The van der Waals surface area contributed by atoms with Gasteiger partial charge < -0.3 is 30.1 Å². The lowest BCUT2D eigenvalue weighted by molar-refractivity contribution is 0.300. The highest BCUT2D eigenvalue weighted by molar-refractivity contribution is 7.51. The molecule has 0 saturated carbocycles. The van der Waals surface area contributed by atoms with Crippen LogP contribution in [0, 0.1) is 11.3 Å². The van der Waals surface area contributed by atoms with Crippen molar-refractivity contribution in [1.29, 1.82) is 5.26 Å². The number of aromatic hydroxyl groups is 1. The zero-order valence-corrected chi connectivity index (χ0v) is 15.1. The van der Waals surface area contributed by atoms with Crippen LogP contribution >= 0.6 is 7.60 Å². The number of benzene rings is 2. The maximum atomic E-state index is 10.9. The van der Waals surface area contributed by atoms with E-state index in [1.807, 2.05) is 19.9 Å². The van der Waals surface area contributed by atoms with Crippen LogP contribution in [0.25, 0.3) is 0 Å². The highest BCUT2D eigenvalue weighted by Gasteiger charge is 2.17. The Morgan fingerprint density at radius 2 is 1.92 bits per heavy atom. The molecule has 0 saturated heterocycles. The van der Waals surface area contributed by atoms with Gasteiger partial charge in [0.15, 0.2) is 12.1 Å². The molecule has 8 nitrogen and oxygen atoms in total. The van der Waals surface area contributed by atoms with E-state index in [-0.39, 0.29) is 34.4 Å². The van der Waals surface area contributed by atoms with E-state index in [1.54, 1.807) is 12.1 Å². The minimum Gasteiger partial charge on any atom is -0.508 e. The fourth-order valence-corrected chi connectivity index (χ4v) is 2.56. The van der Waals surface area contributed by atoms with Crippen molar-refractivity contribution >= 4 is 13.3 Å². The number of phenolic OH excluding ortho intramolecular Hbond substituents is 1. The predicted molar refractivity (Wildman–Crippen MR) is 95.4 cm³/mol. The number of ether oxygens (including phenoxy) is 2. The minimum absolute atomic E-state index is 0.0447. The maximum absolute atomic E-state index is 10.9. The summed E-state index contributed by atoms with van der Waals surface area (Å²) in [6.45, 7) is 3.84. The van der Waals surface area contributed by atoms with E-state index < -0.39 is 13.9 Å². The molecule has 26 heavy (non-hydrogen) atoms. The Kier molecular flexibility index (Phi) is 5.78. The van der Waals surface area contributed by atoms with Crippen molar-refractivity contribution in [3.63, 3.8) is 0 Å². The summed E-state index contributed by atoms with van der Waals surface area (Å²) < 4.78 is 21.6. The Hall–Kier alpha value is -2.72. The molecule has 5 N–H and O–H groups in total. The summed E-state index contributed by atoms with van der Waals surface area (Å²) in [6, 6.07) is 9.20. The van der Waals surface area contributed by atoms with Crippen molar-refractivity contribution in [3.05, 3.63) is 41.5 Å². The van der Waals surface area contributed by atoms with Crippen LogP contribution < -0.4 is 15.2 Å². The highest BCUT2D eigenvalue weighted by atomic mass is 31.2. The number of rotatable bonds is 6. The fourth-order valence-electron chi connectivity index (χ4n) is 2.24. The molecule has 9 heteroatoms. The molecule has 0 heterocycles. The van der Waals surface area contributed by atoms with E-state index in [4.69, 9.17) is 25.0 Å². The predicted octanol–water partition coefficient (Wildman–Crippen LogP) is 3.28. The molecule has 0 fully saturated rings. The van der Waals surface area contributed by atoms with Gasteiger partial charge in [0.25, 0.3) is 0 Å². The van der Waals surface area contributed by atoms with Gasteiger partial charge in [-0.2, -0.15) is 5.26 Å². The van der Waals surface area contributed by atoms with E-state index in [9.17, 15) is 14.9 Å². The van der Waals surface area contributed by atoms with Gasteiger partial charge in [-0.1, -0.05) is 13.8 Å². The summed E-state index contributed by atoms with van der Waals surface area (Å²) in [7, 11) is -4.36. The lowest BCUT2D eigenvalue weighted by atomic mass is 10.0. The molecule has 0 radical (unpaired) electrons. The Labute approximate surface area is 150 Å². The van der Waals surface area contributed by atoms with Crippen molar-refractivity contribution in [2.75, 3.05) is 12.1 Å². The maximum Gasteiger partial charge on any atom is 0.362 e. The highest BCUT2D eigenvalue weighted by Crippen LogP contribution is 2.39. The van der Waals surface area contributed by atoms with Gasteiger partial charge >= 0.3 is 7.60 Å². The molecular weight excluding hydrogens is 359 g/mol. The number of nitrogen functional groups attached to an aromatic ring is 1. The quantitative estimate of drug-likeness (QED) is 0.442. The SMILES string of the molecule is CC(C)c1cc(Oc2c(N)cc(OCP(=O)(O)O)cc2C#N)ccc1O. The average molecular weight is 378 g/mol. The molecule has 0 amide bonds. The monoisotopic (exact) mass is 378 g/mol. The molecule has 2 rings (SSSR count). The van der Waals surface area contributed by atoms with Crippen LogP contribution in [0.2, 0.25) is 0 Å². The first kappa shape index (κ1) is 19.6. The average Bonchev–Trinajstić information content (AvgIpc) is 2.55. The smallest absolute Gasteiger partial charge is 0.362 e. The molecular formula is C17H19N2O6P. The summed E-state index contributed by atoms with van der Waals surface area (Å²) in [4.78, 5) is 17.7. The molecule has 0 aliphatic heterocycles. The number of hydrogen-bond donors (Lipinski definition) is 4. The van der Waals surface area contributed by atoms with Gasteiger partial charge in [0.1, 0.15) is 28.9 Å². The standard InChI is InChI=1S/C17H19N2O6P/c1-10(2)14-6-12(3-4-16(14)20)25-17-11(8-18)5-13(7-15(17)19)24-9-26(21,22)23/h3-7,10,20H,9,19H2,1-2H3,(H2,21,22,23). The van der Waals surface area contributed by atoms with Gasteiger partial charge in [-0.15, -0.1) is 0 Å². The number of nitriles is 1. The minimum atomic E-state index is -4.36. The first-order valence-electron chi connectivity index (χ1n) is 7.62. The number of nitrogens with two attached hydrogens (primary N) is 1. The van der Waals surface area contributed by atoms with Crippen molar-refractivity contribution in [3.8, 4) is 29.1 Å². The third kappa shape index (κ3) is 4.90. The Morgan fingerprint density at radius 1 is 1.23 bits per heavy atom. The second-order valence-electron chi connectivity index (χ2n) is 5.92. The molecule has 0 bridgehead atoms. The van der Waals surface area contributed by atoms with E-state index in [1.165, 1.54) is 18.2 Å². The van der Waals surface area contributed by atoms with Gasteiger partial charge in [0.2, 0.25) is 0 Å². The summed E-state index contributed by atoms with van der Waals surface area (Å²) >= 11 is 0. The Bertz CT molecular complexity index is 901. The van der Waals surface area contributed by atoms with Gasteiger partial charge in [0, 0.05) is 17.7 Å². The molecule has 2 aromatic rings. The van der Waals surface area contributed by atoms with Crippen molar-refractivity contribution < 1.29 is 28.9 Å². The third-order valence-corrected chi connectivity index (χ3v) is 3.92. The molecule has 0 aliphatic rings. The molecule has 138 valence electrons. The zero-order chi connectivity index (χ0) is 19.5. The lowest BCUT2D eigenvalue weighted by Crippen LogP contribution is -2.01. The van der Waals surface area contributed by atoms with E-state index in [0.717, 1.165) is 0 Å². The molecule has 0 aromatic heterocycles. The third-order valence-electron chi connectivity index (χ3n) is 3.45. The topological polar surface area (TPSA) is 146 Å². The second kappa shape index (κ2) is 7.67. The van der Waals surface area contributed by atoms with Gasteiger partial charge in [-0.05, 0) is 24.1 Å². The summed E-state index contributed by atoms with van der Waals surface area (Å²) in [6.07, 6.45) is -0.826. The fraction of sp³-hybridized carbons (Fsp3) is 0.235. The number of nitrogens with zero attached hydrogens (tertiary/aromatic N) is 1. The van der Waals surface area contributed by atoms with Crippen LogP contribution in [0.15, 0.2) is 30.3 Å². The molecule has 0 unspecified atom stereocenters. The van der Waals surface area contributed by atoms with Crippen molar-refractivity contribution in [1.82, 2.24) is 0 Å². The van der Waals surface area contributed by atoms with Gasteiger partial charge in [-0.25, -0.2) is 0 Å². The Morgan fingerprint density at radius 3 is 2.50 bits per heavy atom. The van der Waals surface area contributed by atoms with Crippen LogP contribution in [0.3, 0.4) is 0 Å². The number of anilines is 1. The van der Waals surface area contributed by atoms with Crippen LogP contribution in [-0.2, 0) is 4.57 Å².